The molecular formula is C16H22N4O2. The van der Waals surface area contributed by atoms with Gasteiger partial charge in [0.1, 0.15) is 17.7 Å². The molecule has 2 aromatic rings. The normalized spacial score (nSPS) is 17.2. The fraction of sp³-hybridized carbons (Fsp3) is 0.500. The van der Waals surface area contributed by atoms with Crippen molar-refractivity contribution < 1.29 is 9.84 Å². The van der Waals surface area contributed by atoms with Crippen LogP contribution in [0.4, 0.5) is 5.69 Å². The van der Waals surface area contributed by atoms with E-state index in [0.717, 1.165) is 36.1 Å². The zero-order valence-corrected chi connectivity index (χ0v) is 13.1. The van der Waals surface area contributed by atoms with E-state index in [9.17, 15) is 5.11 Å². The van der Waals surface area contributed by atoms with Gasteiger partial charge in [-0.1, -0.05) is 19.1 Å². The van der Waals surface area contributed by atoms with Gasteiger partial charge in [-0.2, -0.15) is 0 Å². The molecule has 0 bridgehead atoms. The Morgan fingerprint density at radius 1 is 1.32 bits per heavy atom. The van der Waals surface area contributed by atoms with E-state index in [2.05, 4.69) is 26.6 Å². The van der Waals surface area contributed by atoms with Gasteiger partial charge < -0.3 is 19.3 Å². The van der Waals surface area contributed by atoms with E-state index in [1.165, 1.54) is 0 Å². The molecule has 0 fully saturated rings. The first kappa shape index (κ1) is 14.8. The molecule has 0 aliphatic carbocycles. The van der Waals surface area contributed by atoms with Crippen LogP contribution >= 0.6 is 0 Å². The van der Waals surface area contributed by atoms with Gasteiger partial charge in [0.05, 0.1) is 25.4 Å². The lowest BCUT2D eigenvalue weighted by Crippen LogP contribution is -2.42. The van der Waals surface area contributed by atoms with Crippen LogP contribution in [0.25, 0.3) is 0 Å². The molecule has 22 heavy (non-hydrogen) atoms. The first-order valence-electron chi connectivity index (χ1n) is 7.73. The van der Waals surface area contributed by atoms with Crippen molar-refractivity contribution >= 4 is 5.69 Å². The van der Waals surface area contributed by atoms with Crippen molar-refractivity contribution in [2.75, 3.05) is 18.1 Å². The predicted molar refractivity (Wildman–Crippen MR) is 84.0 cm³/mol. The lowest BCUT2D eigenvalue weighted by atomic mass is 10.2. The highest BCUT2D eigenvalue weighted by Crippen LogP contribution is 2.33. The van der Waals surface area contributed by atoms with E-state index < -0.39 is 0 Å². The quantitative estimate of drug-likeness (QED) is 0.912. The Bertz CT molecular complexity index is 641. The summed E-state index contributed by atoms with van der Waals surface area (Å²) >= 11 is 0. The average Bonchev–Trinajstić information content (AvgIpc) is 2.88. The second kappa shape index (κ2) is 6.36. The highest BCUT2D eigenvalue weighted by Gasteiger charge is 2.26. The Labute approximate surface area is 130 Å². The van der Waals surface area contributed by atoms with E-state index in [4.69, 9.17) is 4.74 Å². The van der Waals surface area contributed by atoms with Crippen molar-refractivity contribution in [2.45, 2.75) is 39.5 Å². The first-order valence-corrected chi connectivity index (χ1v) is 7.73. The highest BCUT2D eigenvalue weighted by molar-refractivity contribution is 5.60. The molecule has 1 aliphatic heterocycles. The molecule has 1 aromatic heterocycles. The van der Waals surface area contributed by atoms with E-state index >= 15 is 0 Å². The molecule has 3 rings (SSSR count). The summed E-state index contributed by atoms with van der Waals surface area (Å²) in [5.74, 6) is 2.70. The van der Waals surface area contributed by atoms with Crippen LogP contribution in [0.3, 0.4) is 0 Å². The topological polar surface area (TPSA) is 63.4 Å². The van der Waals surface area contributed by atoms with Crippen molar-refractivity contribution in [3.63, 3.8) is 0 Å². The highest BCUT2D eigenvalue weighted by atomic mass is 16.5. The van der Waals surface area contributed by atoms with Gasteiger partial charge in [0.15, 0.2) is 5.82 Å². The largest absolute Gasteiger partial charge is 0.484 e. The third-order valence-corrected chi connectivity index (χ3v) is 3.92. The minimum Gasteiger partial charge on any atom is -0.484 e. The van der Waals surface area contributed by atoms with Crippen molar-refractivity contribution in [2.24, 2.45) is 0 Å². The number of benzene rings is 1. The molecule has 0 radical (unpaired) electrons. The van der Waals surface area contributed by atoms with Crippen molar-refractivity contribution in [3.05, 3.63) is 35.9 Å². The Morgan fingerprint density at radius 2 is 2.14 bits per heavy atom. The number of aliphatic hydroxyl groups is 1. The summed E-state index contributed by atoms with van der Waals surface area (Å²) in [5.41, 5.74) is 1.04. The molecule has 6 nitrogen and oxygen atoms in total. The summed E-state index contributed by atoms with van der Waals surface area (Å²) in [5, 5.41) is 18.0. The molecular weight excluding hydrogens is 280 g/mol. The third-order valence-electron chi connectivity index (χ3n) is 3.92. The molecule has 0 unspecified atom stereocenters. The monoisotopic (exact) mass is 302 g/mol. The minimum atomic E-state index is -0.210. The van der Waals surface area contributed by atoms with Crippen molar-refractivity contribution in [1.29, 1.82) is 0 Å². The van der Waals surface area contributed by atoms with Gasteiger partial charge in [-0.3, -0.25) is 0 Å². The van der Waals surface area contributed by atoms with Crippen LogP contribution in [0.1, 0.15) is 25.0 Å². The number of aliphatic hydroxyl groups excluding tert-OH is 1. The van der Waals surface area contributed by atoms with E-state index in [1.54, 1.807) is 0 Å². The number of rotatable bonds is 5. The van der Waals surface area contributed by atoms with E-state index in [1.807, 2.05) is 31.2 Å². The van der Waals surface area contributed by atoms with Gasteiger partial charge in [0.2, 0.25) is 0 Å². The Morgan fingerprint density at radius 3 is 2.91 bits per heavy atom. The smallest absolute Gasteiger partial charge is 0.152 e. The minimum absolute atomic E-state index is 0.00547. The number of fused-ring (bicyclic) bond motifs is 1. The van der Waals surface area contributed by atoms with Crippen LogP contribution in [-0.4, -0.2) is 39.1 Å². The summed E-state index contributed by atoms with van der Waals surface area (Å²) in [7, 11) is 0. The number of para-hydroxylation sites is 2. The van der Waals surface area contributed by atoms with Crippen LogP contribution < -0.4 is 9.64 Å². The number of hydrogen-bond acceptors (Lipinski definition) is 5. The van der Waals surface area contributed by atoms with Gasteiger partial charge in [-0.05, 0) is 25.5 Å². The molecule has 0 saturated carbocycles. The number of hydrogen-bond donors (Lipinski definition) is 1. The summed E-state index contributed by atoms with van der Waals surface area (Å²) in [4.78, 5) is 2.20. The molecule has 1 aliphatic rings. The Hall–Kier alpha value is -2.08. The van der Waals surface area contributed by atoms with E-state index in [-0.39, 0.29) is 12.7 Å². The fourth-order valence-corrected chi connectivity index (χ4v) is 2.85. The zero-order valence-electron chi connectivity index (χ0n) is 13.1. The maximum atomic E-state index is 9.46. The maximum absolute atomic E-state index is 9.46. The van der Waals surface area contributed by atoms with Crippen molar-refractivity contribution in [1.82, 2.24) is 14.8 Å². The summed E-state index contributed by atoms with van der Waals surface area (Å²) in [6, 6.07) is 7.92. The number of anilines is 1. The second-order valence-electron chi connectivity index (χ2n) is 5.59. The average molecular weight is 302 g/mol. The summed E-state index contributed by atoms with van der Waals surface area (Å²) in [6.07, 6.45) is 0.837. The zero-order chi connectivity index (χ0) is 15.5. The van der Waals surface area contributed by atoms with Gasteiger partial charge in [0, 0.05) is 6.54 Å². The molecule has 1 N–H and O–H groups in total. The SMILES string of the molecule is CCCn1c(C)nnc1CN1C[C@@H](CO)Oc2ccccc21. The molecule has 0 saturated heterocycles. The van der Waals surface area contributed by atoms with Crippen LogP contribution in [0.15, 0.2) is 24.3 Å². The molecule has 0 amide bonds. The standard InChI is InChI=1S/C16H22N4O2/c1-3-8-20-12(2)17-18-16(20)10-19-9-13(11-21)22-15-7-5-4-6-14(15)19/h4-7,13,21H,3,8-11H2,1-2H3/t13-/m0/s1. The lowest BCUT2D eigenvalue weighted by Gasteiger charge is -2.35. The predicted octanol–water partition coefficient (Wildman–Crippen LogP) is 1.76. The summed E-state index contributed by atoms with van der Waals surface area (Å²) in [6.45, 7) is 6.36. The Kier molecular flexibility index (Phi) is 4.29. The number of aryl methyl sites for hydroxylation is 1. The first-order chi connectivity index (χ1) is 10.7. The number of nitrogens with zero attached hydrogens (tertiary/aromatic N) is 4. The van der Waals surface area contributed by atoms with Crippen LogP contribution in [0.2, 0.25) is 0 Å². The molecule has 1 aromatic carbocycles. The van der Waals surface area contributed by atoms with Gasteiger partial charge >= 0.3 is 0 Å². The number of ether oxygens (including phenoxy) is 1. The van der Waals surface area contributed by atoms with Crippen LogP contribution in [0.5, 0.6) is 5.75 Å². The molecule has 6 heteroatoms. The van der Waals surface area contributed by atoms with Gasteiger partial charge in [0.25, 0.3) is 0 Å². The van der Waals surface area contributed by atoms with Crippen molar-refractivity contribution in [3.8, 4) is 5.75 Å². The van der Waals surface area contributed by atoms with Gasteiger partial charge in [-0.15, -0.1) is 10.2 Å². The Balaban J connectivity index is 1.88. The molecule has 2 heterocycles. The lowest BCUT2D eigenvalue weighted by molar-refractivity contribution is 0.111. The van der Waals surface area contributed by atoms with Gasteiger partial charge in [-0.25, -0.2) is 0 Å². The van der Waals surface area contributed by atoms with E-state index in [0.29, 0.717) is 13.1 Å². The van der Waals surface area contributed by atoms with Crippen LogP contribution in [0, 0.1) is 6.92 Å². The second-order valence-corrected chi connectivity index (χ2v) is 5.59. The summed E-state index contributed by atoms with van der Waals surface area (Å²) < 4.78 is 7.96. The fourth-order valence-electron chi connectivity index (χ4n) is 2.85. The third kappa shape index (κ3) is 2.78. The molecule has 1 atom stereocenters. The maximum Gasteiger partial charge on any atom is 0.152 e. The molecule has 118 valence electrons. The number of aromatic nitrogens is 3. The van der Waals surface area contributed by atoms with Crippen LogP contribution in [-0.2, 0) is 13.1 Å². The molecule has 0 spiro atoms.